The summed E-state index contributed by atoms with van der Waals surface area (Å²) in [5.74, 6) is 0. The fourth-order valence-electron chi connectivity index (χ4n) is 3.19. The van der Waals surface area contributed by atoms with E-state index in [9.17, 15) is 0 Å². The van der Waals surface area contributed by atoms with Gasteiger partial charge in [-0.2, -0.15) is 0 Å². The van der Waals surface area contributed by atoms with Crippen molar-refractivity contribution < 1.29 is 0 Å². The van der Waals surface area contributed by atoms with E-state index in [0.29, 0.717) is 5.41 Å². The third-order valence-electron chi connectivity index (χ3n) is 5.28. The van der Waals surface area contributed by atoms with Crippen molar-refractivity contribution in [2.45, 2.75) is 65.0 Å². The fourth-order valence-corrected chi connectivity index (χ4v) is 4.07. The topological polar surface area (TPSA) is 28.2 Å². The number of piperidine rings is 1. The zero-order chi connectivity index (χ0) is 14.0. The molecule has 20 heavy (non-hydrogen) atoms. The van der Waals surface area contributed by atoms with E-state index in [1.54, 1.807) is 0 Å². The molecule has 3 rings (SSSR count). The van der Waals surface area contributed by atoms with Crippen LogP contribution in [-0.4, -0.2) is 24.1 Å². The van der Waals surface area contributed by atoms with Gasteiger partial charge in [0.1, 0.15) is 0 Å². The summed E-state index contributed by atoms with van der Waals surface area (Å²) >= 11 is 1.82. The van der Waals surface area contributed by atoms with Gasteiger partial charge >= 0.3 is 0 Å². The molecule has 0 atom stereocenters. The van der Waals surface area contributed by atoms with E-state index in [1.165, 1.54) is 62.4 Å². The quantitative estimate of drug-likeness (QED) is 0.864. The smallest absolute Gasteiger partial charge is 0.185 e. The molecule has 0 amide bonds. The van der Waals surface area contributed by atoms with E-state index >= 15 is 0 Å². The summed E-state index contributed by atoms with van der Waals surface area (Å²) in [6.45, 7) is 8.02. The Morgan fingerprint density at radius 1 is 1.30 bits per heavy atom. The second-order valence-electron chi connectivity index (χ2n) is 6.47. The van der Waals surface area contributed by atoms with E-state index in [1.807, 2.05) is 11.3 Å². The molecule has 0 spiro atoms. The lowest BCUT2D eigenvalue weighted by Crippen LogP contribution is -2.39. The Bertz CT molecular complexity index is 425. The SMILES string of the molecule is CCC1(CC)CCN(c2nc(CNC3CC3)cs2)CC1. The first-order valence-electron chi connectivity index (χ1n) is 8.17. The van der Waals surface area contributed by atoms with E-state index in [4.69, 9.17) is 4.98 Å². The number of nitrogens with zero attached hydrogens (tertiary/aromatic N) is 2. The van der Waals surface area contributed by atoms with Crippen LogP contribution in [0.25, 0.3) is 0 Å². The number of anilines is 1. The molecule has 4 heteroatoms. The highest BCUT2D eigenvalue weighted by Crippen LogP contribution is 2.39. The van der Waals surface area contributed by atoms with Crippen LogP contribution in [0.2, 0.25) is 0 Å². The molecule has 0 radical (unpaired) electrons. The van der Waals surface area contributed by atoms with Gasteiger partial charge in [0, 0.05) is 31.1 Å². The van der Waals surface area contributed by atoms with Crippen LogP contribution >= 0.6 is 11.3 Å². The first-order valence-corrected chi connectivity index (χ1v) is 9.05. The van der Waals surface area contributed by atoms with Crippen molar-refractivity contribution in [2.75, 3.05) is 18.0 Å². The van der Waals surface area contributed by atoms with Crippen LogP contribution in [0.1, 0.15) is 58.1 Å². The Balaban J connectivity index is 1.54. The van der Waals surface area contributed by atoms with Gasteiger partial charge in [-0.15, -0.1) is 11.3 Å². The summed E-state index contributed by atoms with van der Waals surface area (Å²) in [6.07, 6.45) is 8.00. The van der Waals surface area contributed by atoms with E-state index in [2.05, 4.69) is 29.4 Å². The molecule has 1 aliphatic carbocycles. The van der Waals surface area contributed by atoms with Crippen LogP contribution in [0.4, 0.5) is 5.13 Å². The molecule has 0 aromatic carbocycles. The highest BCUT2D eigenvalue weighted by atomic mass is 32.1. The number of hydrogen-bond donors (Lipinski definition) is 1. The van der Waals surface area contributed by atoms with Crippen molar-refractivity contribution in [2.24, 2.45) is 5.41 Å². The monoisotopic (exact) mass is 293 g/mol. The second-order valence-corrected chi connectivity index (χ2v) is 7.31. The van der Waals surface area contributed by atoms with E-state index in [0.717, 1.165) is 12.6 Å². The second kappa shape index (κ2) is 6.02. The van der Waals surface area contributed by atoms with Gasteiger partial charge < -0.3 is 10.2 Å². The Morgan fingerprint density at radius 2 is 2.00 bits per heavy atom. The first kappa shape index (κ1) is 14.3. The van der Waals surface area contributed by atoms with Gasteiger partial charge in [-0.25, -0.2) is 4.98 Å². The Labute approximate surface area is 126 Å². The summed E-state index contributed by atoms with van der Waals surface area (Å²) in [6, 6.07) is 0.768. The van der Waals surface area contributed by atoms with Crippen LogP contribution < -0.4 is 10.2 Å². The summed E-state index contributed by atoms with van der Waals surface area (Å²) in [5, 5.41) is 7.01. The van der Waals surface area contributed by atoms with Gasteiger partial charge in [-0.1, -0.05) is 26.7 Å². The van der Waals surface area contributed by atoms with Gasteiger partial charge in [0.05, 0.1) is 5.69 Å². The van der Waals surface area contributed by atoms with Gasteiger partial charge in [0.2, 0.25) is 0 Å². The Hall–Kier alpha value is -0.610. The third-order valence-corrected chi connectivity index (χ3v) is 6.23. The standard InChI is InChI=1S/C16H27N3S/c1-3-16(4-2)7-9-19(10-8-16)15-18-14(12-20-15)11-17-13-5-6-13/h12-13,17H,3-11H2,1-2H3. The molecule has 1 saturated carbocycles. The highest BCUT2D eigenvalue weighted by molar-refractivity contribution is 7.13. The summed E-state index contributed by atoms with van der Waals surface area (Å²) in [5.41, 5.74) is 1.82. The van der Waals surface area contributed by atoms with Crippen LogP contribution in [-0.2, 0) is 6.54 Å². The Morgan fingerprint density at radius 3 is 2.60 bits per heavy atom. The van der Waals surface area contributed by atoms with E-state index < -0.39 is 0 Å². The minimum atomic E-state index is 0.601. The first-order chi connectivity index (χ1) is 9.74. The Kier molecular flexibility index (Phi) is 4.32. The third kappa shape index (κ3) is 3.17. The number of rotatable bonds is 6. The molecule has 2 fully saturated rings. The molecule has 0 unspecified atom stereocenters. The molecule has 112 valence electrons. The maximum Gasteiger partial charge on any atom is 0.185 e. The number of thiazole rings is 1. The predicted octanol–water partition coefficient (Wildman–Crippen LogP) is 3.80. The van der Waals surface area contributed by atoms with Crippen molar-refractivity contribution in [1.29, 1.82) is 0 Å². The zero-order valence-electron chi connectivity index (χ0n) is 12.8. The van der Waals surface area contributed by atoms with Crippen LogP contribution in [0.5, 0.6) is 0 Å². The maximum atomic E-state index is 4.82. The molecule has 3 nitrogen and oxygen atoms in total. The fraction of sp³-hybridized carbons (Fsp3) is 0.812. The molecule has 1 aliphatic heterocycles. The lowest BCUT2D eigenvalue weighted by Gasteiger charge is -2.40. The van der Waals surface area contributed by atoms with Crippen molar-refractivity contribution >= 4 is 16.5 Å². The lowest BCUT2D eigenvalue weighted by molar-refractivity contribution is 0.199. The molecule has 1 aromatic heterocycles. The molecule has 0 bridgehead atoms. The zero-order valence-corrected chi connectivity index (χ0v) is 13.6. The molecule has 1 saturated heterocycles. The van der Waals surface area contributed by atoms with Gasteiger partial charge in [0.15, 0.2) is 5.13 Å². The van der Waals surface area contributed by atoms with Gasteiger partial charge in [0.25, 0.3) is 0 Å². The lowest BCUT2D eigenvalue weighted by atomic mass is 9.74. The van der Waals surface area contributed by atoms with Gasteiger partial charge in [-0.3, -0.25) is 0 Å². The van der Waals surface area contributed by atoms with Crippen molar-refractivity contribution in [3.8, 4) is 0 Å². The largest absolute Gasteiger partial charge is 0.348 e. The normalized spacial score (nSPS) is 22.2. The minimum absolute atomic E-state index is 0.601. The highest BCUT2D eigenvalue weighted by Gasteiger charge is 2.32. The molecule has 1 aromatic rings. The van der Waals surface area contributed by atoms with Crippen LogP contribution in [0, 0.1) is 5.41 Å². The predicted molar refractivity (Wildman–Crippen MR) is 86.4 cm³/mol. The number of nitrogens with one attached hydrogen (secondary N) is 1. The molecular weight excluding hydrogens is 266 g/mol. The summed E-state index contributed by atoms with van der Waals surface area (Å²) < 4.78 is 0. The van der Waals surface area contributed by atoms with Crippen LogP contribution in [0.15, 0.2) is 5.38 Å². The average molecular weight is 293 g/mol. The average Bonchev–Trinajstić information content (AvgIpc) is 3.22. The minimum Gasteiger partial charge on any atom is -0.348 e. The van der Waals surface area contributed by atoms with E-state index in [-0.39, 0.29) is 0 Å². The number of hydrogen-bond acceptors (Lipinski definition) is 4. The maximum absolute atomic E-state index is 4.82. The van der Waals surface area contributed by atoms with Crippen LogP contribution in [0.3, 0.4) is 0 Å². The van der Waals surface area contributed by atoms with Crippen molar-refractivity contribution in [3.63, 3.8) is 0 Å². The van der Waals surface area contributed by atoms with Gasteiger partial charge in [-0.05, 0) is 31.1 Å². The summed E-state index contributed by atoms with van der Waals surface area (Å²) in [7, 11) is 0. The van der Waals surface area contributed by atoms with Crippen molar-refractivity contribution in [1.82, 2.24) is 10.3 Å². The molecule has 1 N–H and O–H groups in total. The van der Waals surface area contributed by atoms with Crippen molar-refractivity contribution in [3.05, 3.63) is 11.1 Å². The number of aromatic nitrogens is 1. The molecule has 2 heterocycles. The molecule has 2 aliphatic rings. The summed E-state index contributed by atoms with van der Waals surface area (Å²) in [4.78, 5) is 7.31. The molecular formula is C16H27N3S.